The lowest BCUT2D eigenvalue weighted by molar-refractivity contribution is 0.0930. The maximum Gasteiger partial charge on any atom is 0.176 e. The van der Waals surface area contributed by atoms with Crippen molar-refractivity contribution in [1.82, 2.24) is 9.80 Å². The molecule has 0 radical (unpaired) electrons. The van der Waals surface area contributed by atoms with Gasteiger partial charge in [-0.25, -0.2) is 0 Å². The lowest BCUT2D eigenvalue weighted by Gasteiger charge is -2.17. The van der Waals surface area contributed by atoms with Crippen LogP contribution in [0.4, 0.5) is 0 Å². The van der Waals surface area contributed by atoms with Crippen LogP contribution in [0, 0.1) is 0 Å². The Kier molecular flexibility index (Phi) is 10.9. The summed E-state index contributed by atoms with van der Waals surface area (Å²) in [7, 11) is 0. The van der Waals surface area contributed by atoms with E-state index in [2.05, 4.69) is 49.6 Å². The number of rotatable bonds is 10. The maximum atomic E-state index is 12.7. The van der Waals surface area contributed by atoms with Crippen LogP contribution in [0.25, 0.3) is 11.1 Å². The van der Waals surface area contributed by atoms with Crippen molar-refractivity contribution in [2.75, 3.05) is 39.3 Å². The molecule has 0 spiro atoms. The number of benzene rings is 2. The summed E-state index contributed by atoms with van der Waals surface area (Å²) in [5.41, 5.74) is 6.28. The Hall–Kier alpha value is -1.72. The van der Waals surface area contributed by atoms with Gasteiger partial charge in [0.15, 0.2) is 11.6 Å². The van der Waals surface area contributed by atoms with Crippen molar-refractivity contribution in [2.45, 2.75) is 34.1 Å². The zero-order chi connectivity index (χ0) is 21.0. The van der Waals surface area contributed by atoms with Gasteiger partial charge in [0.1, 0.15) is 0 Å². The molecule has 170 valence electrons. The average Bonchev–Trinajstić information content (AvgIpc) is 3.12. The molecule has 2 aromatic carbocycles. The minimum absolute atomic E-state index is 0. The van der Waals surface area contributed by atoms with Crippen LogP contribution in [-0.4, -0.2) is 60.6 Å². The fourth-order valence-electron chi connectivity index (χ4n) is 4.04. The Morgan fingerprint density at radius 3 is 1.35 bits per heavy atom. The minimum Gasteiger partial charge on any atom is -0.296 e. The van der Waals surface area contributed by atoms with Crippen molar-refractivity contribution in [2.24, 2.45) is 0 Å². The molecule has 0 N–H and O–H groups in total. The molecular formula is C25H34Cl2N2O2. The van der Waals surface area contributed by atoms with Crippen molar-refractivity contribution in [3.05, 3.63) is 58.7 Å². The van der Waals surface area contributed by atoms with Crippen LogP contribution in [0.15, 0.2) is 36.4 Å². The lowest BCUT2D eigenvalue weighted by Crippen LogP contribution is -2.29. The van der Waals surface area contributed by atoms with E-state index >= 15 is 0 Å². The number of hydrogen-bond acceptors (Lipinski definition) is 4. The summed E-state index contributed by atoms with van der Waals surface area (Å²) < 4.78 is 0. The van der Waals surface area contributed by atoms with Crippen molar-refractivity contribution in [3.63, 3.8) is 0 Å². The van der Waals surface area contributed by atoms with Gasteiger partial charge < -0.3 is 0 Å². The molecule has 3 rings (SSSR count). The molecule has 0 saturated carbocycles. The first kappa shape index (κ1) is 27.3. The Balaban J connectivity index is 0.00000240. The summed E-state index contributed by atoms with van der Waals surface area (Å²) in [5.74, 6) is 0.338. The van der Waals surface area contributed by atoms with Gasteiger partial charge in [-0.15, -0.1) is 24.8 Å². The molecule has 4 nitrogen and oxygen atoms in total. The van der Waals surface area contributed by atoms with E-state index in [9.17, 15) is 9.59 Å². The van der Waals surface area contributed by atoms with Gasteiger partial charge in [-0.05, 0) is 67.0 Å². The van der Waals surface area contributed by atoms with Crippen LogP contribution in [0.2, 0.25) is 0 Å². The first-order valence-electron chi connectivity index (χ1n) is 10.8. The molecule has 0 unspecified atom stereocenters. The highest BCUT2D eigenvalue weighted by Gasteiger charge is 2.22. The molecule has 0 atom stereocenters. The summed E-state index contributed by atoms with van der Waals surface area (Å²) in [6.07, 6.45) is 0.781. The zero-order valence-electron chi connectivity index (χ0n) is 18.9. The second-order valence-corrected chi connectivity index (χ2v) is 7.69. The van der Waals surface area contributed by atoms with E-state index in [4.69, 9.17) is 0 Å². The molecule has 0 heterocycles. The van der Waals surface area contributed by atoms with Gasteiger partial charge >= 0.3 is 0 Å². The molecule has 0 aromatic heterocycles. The van der Waals surface area contributed by atoms with E-state index in [0.717, 1.165) is 43.7 Å². The molecule has 0 bridgehead atoms. The number of fused-ring (bicyclic) bond motifs is 3. The minimum atomic E-state index is 0. The van der Waals surface area contributed by atoms with Crippen LogP contribution >= 0.6 is 24.8 Å². The fraction of sp³-hybridized carbons (Fsp3) is 0.440. The SMILES string of the molecule is CCN(CC)CC(=O)c1ccc2c(c1)Cc1cc(C(=O)CN(CC)CC)ccc1-2.Cl.Cl. The monoisotopic (exact) mass is 464 g/mol. The highest BCUT2D eigenvalue weighted by molar-refractivity contribution is 6.00. The molecule has 1 aliphatic rings. The van der Waals surface area contributed by atoms with Crippen LogP contribution in [0.5, 0.6) is 0 Å². The normalized spacial score (nSPS) is 11.5. The topological polar surface area (TPSA) is 40.6 Å². The van der Waals surface area contributed by atoms with Crippen LogP contribution in [-0.2, 0) is 6.42 Å². The van der Waals surface area contributed by atoms with Gasteiger partial charge in [0.05, 0.1) is 13.1 Å². The van der Waals surface area contributed by atoms with Gasteiger partial charge in [0, 0.05) is 11.1 Å². The third-order valence-electron chi connectivity index (χ3n) is 6.05. The van der Waals surface area contributed by atoms with Crippen LogP contribution < -0.4 is 0 Å². The molecule has 0 saturated heterocycles. The van der Waals surface area contributed by atoms with Crippen molar-refractivity contribution in [3.8, 4) is 11.1 Å². The molecule has 1 aliphatic carbocycles. The summed E-state index contributed by atoms with van der Waals surface area (Å²) in [4.78, 5) is 29.6. The number of hydrogen-bond donors (Lipinski definition) is 0. The standard InChI is InChI=1S/C25H32N2O2.2ClH/c1-5-26(6-2)16-24(28)18-9-11-22-20(13-18)15-21-14-19(10-12-23(21)22)25(29)17-27(7-3)8-4;;/h9-14H,5-8,15-17H2,1-4H3;2*1H. The highest BCUT2D eigenvalue weighted by atomic mass is 35.5. The van der Waals surface area contributed by atoms with E-state index < -0.39 is 0 Å². The van der Waals surface area contributed by atoms with Gasteiger partial charge in [-0.3, -0.25) is 19.4 Å². The number of halogens is 2. The van der Waals surface area contributed by atoms with Crippen LogP contribution in [0.1, 0.15) is 59.5 Å². The molecule has 31 heavy (non-hydrogen) atoms. The van der Waals surface area contributed by atoms with E-state index in [1.54, 1.807) is 0 Å². The van der Waals surface area contributed by atoms with Crippen LogP contribution in [0.3, 0.4) is 0 Å². The lowest BCUT2D eigenvalue weighted by atomic mass is 10.00. The average molecular weight is 465 g/mol. The van der Waals surface area contributed by atoms with E-state index in [-0.39, 0.29) is 36.4 Å². The Morgan fingerprint density at radius 2 is 1.03 bits per heavy atom. The smallest absolute Gasteiger partial charge is 0.176 e. The second kappa shape index (κ2) is 12.4. The van der Waals surface area contributed by atoms with Gasteiger partial charge in [0.25, 0.3) is 0 Å². The predicted octanol–water partition coefficient (Wildman–Crippen LogP) is 5.15. The number of carbonyl (C=O) groups is 2. The zero-order valence-corrected chi connectivity index (χ0v) is 20.6. The second-order valence-electron chi connectivity index (χ2n) is 7.69. The fourth-order valence-corrected chi connectivity index (χ4v) is 4.04. The Labute approximate surface area is 198 Å². The van der Waals surface area contributed by atoms with Crippen molar-refractivity contribution >= 4 is 36.4 Å². The van der Waals surface area contributed by atoms with E-state index in [1.807, 2.05) is 24.3 Å². The Bertz CT molecular complexity index is 833. The molecule has 0 amide bonds. The summed E-state index contributed by atoms with van der Waals surface area (Å²) >= 11 is 0. The van der Waals surface area contributed by atoms with Gasteiger partial charge in [-0.2, -0.15) is 0 Å². The largest absolute Gasteiger partial charge is 0.296 e. The molecule has 0 fully saturated rings. The van der Waals surface area contributed by atoms with E-state index in [0.29, 0.717) is 13.1 Å². The van der Waals surface area contributed by atoms with Gasteiger partial charge in [0.2, 0.25) is 0 Å². The Morgan fingerprint density at radius 1 is 0.677 bits per heavy atom. The first-order valence-corrected chi connectivity index (χ1v) is 10.8. The van der Waals surface area contributed by atoms with Crippen molar-refractivity contribution in [1.29, 1.82) is 0 Å². The summed E-state index contributed by atoms with van der Waals surface area (Å²) in [5, 5.41) is 0. The maximum absolute atomic E-state index is 12.7. The third kappa shape index (κ3) is 6.17. The van der Waals surface area contributed by atoms with Crippen molar-refractivity contribution < 1.29 is 9.59 Å². The number of ketones is 2. The first-order chi connectivity index (χ1) is 14.0. The number of likely N-dealkylation sites (N-methyl/N-ethyl adjacent to an activating group) is 2. The molecular weight excluding hydrogens is 431 g/mol. The third-order valence-corrected chi connectivity index (χ3v) is 6.05. The summed E-state index contributed by atoms with van der Waals surface area (Å²) in [6.45, 7) is 12.7. The van der Waals surface area contributed by atoms with E-state index in [1.165, 1.54) is 22.3 Å². The highest BCUT2D eigenvalue weighted by Crippen LogP contribution is 2.37. The number of nitrogens with zero attached hydrogens (tertiary/aromatic N) is 2. The summed E-state index contributed by atoms with van der Waals surface area (Å²) in [6, 6.07) is 12.1. The molecule has 2 aromatic rings. The molecule has 6 heteroatoms. The quantitative estimate of drug-likeness (QED) is 0.389. The number of Topliss-reactive ketones (excluding diaryl/α,β-unsaturated/α-hetero) is 2. The number of carbonyl (C=O) groups excluding carboxylic acids is 2. The molecule has 0 aliphatic heterocycles. The predicted molar refractivity (Wildman–Crippen MR) is 133 cm³/mol. The van der Waals surface area contributed by atoms with Gasteiger partial charge in [-0.1, -0.05) is 52.0 Å².